The van der Waals surface area contributed by atoms with Gasteiger partial charge in [-0.25, -0.2) is 4.98 Å². The van der Waals surface area contributed by atoms with Gasteiger partial charge in [0.15, 0.2) is 5.82 Å². The number of rotatable bonds is 4. The van der Waals surface area contributed by atoms with Crippen molar-refractivity contribution in [1.29, 1.82) is 0 Å². The Bertz CT molecular complexity index is 813. The third-order valence-electron chi connectivity index (χ3n) is 3.92. The monoisotopic (exact) mass is 306 g/mol. The van der Waals surface area contributed by atoms with Crippen molar-refractivity contribution in [1.82, 2.24) is 20.3 Å². The van der Waals surface area contributed by atoms with E-state index in [1.165, 1.54) is 0 Å². The lowest BCUT2D eigenvalue weighted by atomic mass is 10.2. The van der Waals surface area contributed by atoms with Gasteiger partial charge in [0.05, 0.1) is 17.9 Å². The summed E-state index contributed by atoms with van der Waals surface area (Å²) in [5.41, 5.74) is 1.95. The van der Waals surface area contributed by atoms with Gasteiger partial charge in [-0.1, -0.05) is 6.07 Å². The van der Waals surface area contributed by atoms with Crippen LogP contribution in [-0.2, 0) is 0 Å². The van der Waals surface area contributed by atoms with Gasteiger partial charge in [-0.2, -0.15) is 0 Å². The van der Waals surface area contributed by atoms with E-state index in [4.69, 9.17) is 0 Å². The molecule has 2 aromatic heterocycles. The molecule has 6 nitrogen and oxygen atoms in total. The fraction of sp³-hybridized carbons (Fsp3) is 0.235. The summed E-state index contributed by atoms with van der Waals surface area (Å²) in [5.74, 6) is 1.52. The first-order valence-electron chi connectivity index (χ1n) is 7.78. The molecule has 0 saturated carbocycles. The van der Waals surface area contributed by atoms with Crippen molar-refractivity contribution in [3.63, 3.8) is 0 Å². The smallest absolute Gasteiger partial charge is 0.151 e. The molecule has 0 radical (unpaired) electrons. The molecule has 3 N–H and O–H groups in total. The molecule has 1 atom stereocenters. The zero-order chi connectivity index (χ0) is 15.5. The molecule has 3 heterocycles. The minimum absolute atomic E-state index is 0.422. The van der Waals surface area contributed by atoms with E-state index in [0.29, 0.717) is 6.04 Å². The van der Waals surface area contributed by atoms with Crippen molar-refractivity contribution in [2.24, 2.45) is 0 Å². The molecule has 1 aromatic carbocycles. The number of nitrogens with one attached hydrogen (secondary N) is 3. The molecular weight excluding hydrogens is 288 g/mol. The van der Waals surface area contributed by atoms with Gasteiger partial charge in [-0.05, 0) is 37.2 Å². The van der Waals surface area contributed by atoms with Crippen LogP contribution in [0.4, 0.5) is 17.3 Å². The number of aromatic nitrogens is 3. The van der Waals surface area contributed by atoms with Gasteiger partial charge >= 0.3 is 0 Å². The second-order valence-corrected chi connectivity index (χ2v) is 5.66. The molecule has 3 aromatic rings. The standard InChI is InChI=1S/C17H18N6/c1-2-12-8-13(3-4-15(12)20-6-1)21-16-10-19-11-17(23-16)22-14-5-7-18-9-14/h1-4,6,8,10-11,14,18H,5,7,9H2,(H2,21,22,23)/t14-/m1/s1. The highest BCUT2D eigenvalue weighted by Gasteiger charge is 2.14. The van der Waals surface area contributed by atoms with E-state index in [9.17, 15) is 0 Å². The van der Waals surface area contributed by atoms with Gasteiger partial charge in [0.2, 0.25) is 0 Å². The fourth-order valence-corrected chi connectivity index (χ4v) is 2.78. The summed E-state index contributed by atoms with van der Waals surface area (Å²) in [7, 11) is 0. The van der Waals surface area contributed by atoms with Gasteiger partial charge in [-0.3, -0.25) is 9.97 Å². The molecule has 1 aliphatic rings. The first kappa shape index (κ1) is 13.9. The Morgan fingerprint density at radius 3 is 3.00 bits per heavy atom. The van der Waals surface area contributed by atoms with Gasteiger partial charge in [0.25, 0.3) is 0 Å². The SMILES string of the molecule is c1cnc2ccc(Nc3cncc(N[C@@H]4CCNC4)n3)cc2c1. The van der Waals surface area contributed by atoms with E-state index in [0.717, 1.165) is 47.7 Å². The number of hydrogen-bond acceptors (Lipinski definition) is 6. The van der Waals surface area contributed by atoms with Crippen LogP contribution in [0.25, 0.3) is 10.9 Å². The molecule has 0 spiro atoms. The minimum atomic E-state index is 0.422. The quantitative estimate of drug-likeness (QED) is 0.688. The van der Waals surface area contributed by atoms with E-state index in [2.05, 4.69) is 37.0 Å². The maximum absolute atomic E-state index is 4.58. The molecule has 1 fully saturated rings. The van der Waals surface area contributed by atoms with Crippen LogP contribution in [-0.4, -0.2) is 34.1 Å². The third-order valence-corrected chi connectivity index (χ3v) is 3.92. The van der Waals surface area contributed by atoms with Gasteiger partial charge in [0, 0.05) is 29.9 Å². The Labute approximate surface area is 134 Å². The van der Waals surface area contributed by atoms with Crippen LogP contribution in [0.5, 0.6) is 0 Å². The minimum Gasteiger partial charge on any atom is -0.365 e. The summed E-state index contributed by atoms with van der Waals surface area (Å²) in [6, 6.07) is 10.5. The predicted octanol–water partition coefficient (Wildman–Crippen LogP) is 2.54. The van der Waals surface area contributed by atoms with Crippen LogP contribution in [0, 0.1) is 0 Å². The second-order valence-electron chi connectivity index (χ2n) is 5.66. The lowest BCUT2D eigenvalue weighted by Crippen LogP contribution is -2.22. The maximum atomic E-state index is 4.58. The second kappa shape index (κ2) is 6.18. The molecule has 116 valence electrons. The molecule has 1 aliphatic heterocycles. The lowest BCUT2D eigenvalue weighted by Gasteiger charge is -2.13. The summed E-state index contributed by atoms with van der Waals surface area (Å²) in [4.78, 5) is 13.2. The molecule has 23 heavy (non-hydrogen) atoms. The van der Waals surface area contributed by atoms with E-state index in [-0.39, 0.29) is 0 Å². The topological polar surface area (TPSA) is 74.8 Å². The zero-order valence-corrected chi connectivity index (χ0v) is 12.7. The van der Waals surface area contributed by atoms with E-state index in [1.807, 2.05) is 24.3 Å². The first-order valence-corrected chi connectivity index (χ1v) is 7.78. The van der Waals surface area contributed by atoms with Crippen LogP contribution in [0.1, 0.15) is 6.42 Å². The van der Waals surface area contributed by atoms with Crippen LogP contribution in [0.2, 0.25) is 0 Å². The molecule has 1 saturated heterocycles. The van der Waals surface area contributed by atoms with E-state index >= 15 is 0 Å². The summed E-state index contributed by atoms with van der Waals surface area (Å²) in [5, 5.41) is 11.1. The van der Waals surface area contributed by atoms with Crippen molar-refractivity contribution in [2.75, 3.05) is 23.7 Å². The van der Waals surface area contributed by atoms with Gasteiger partial charge < -0.3 is 16.0 Å². The highest BCUT2D eigenvalue weighted by atomic mass is 15.1. The zero-order valence-electron chi connectivity index (χ0n) is 12.7. The summed E-state index contributed by atoms with van der Waals surface area (Å²) < 4.78 is 0. The van der Waals surface area contributed by atoms with Crippen LogP contribution >= 0.6 is 0 Å². The number of pyridine rings is 1. The highest BCUT2D eigenvalue weighted by molar-refractivity contribution is 5.83. The number of nitrogens with zero attached hydrogens (tertiary/aromatic N) is 3. The molecule has 6 heteroatoms. The van der Waals surface area contributed by atoms with Crippen molar-refractivity contribution in [3.8, 4) is 0 Å². The fourth-order valence-electron chi connectivity index (χ4n) is 2.78. The normalized spacial score (nSPS) is 17.3. The lowest BCUT2D eigenvalue weighted by molar-refractivity contribution is 0.787. The Morgan fingerprint density at radius 2 is 2.09 bits per heavy atom. The number of benzene rings is 1. The average Bonchev–Trinajstić information content (AvgIpc) is 3.08. The first-order chi connectivity index (χ1) is 11.4. The van der Waals surface area contributed by atoms with Crippen LogP contribution in [0.15, 0.2) is 48.9 Å². The van der Waals surface area contributed by atoms with Gasteiger partial charge in [-0.15, -0.1) is 0 Å². The maximum Gasteiger partial charge on any atom is 0.151 e. The Morgan fingerprint density at radius 1 is 1.13 bits per heavy atom. The molecule has 4 rings (SSSR count). The number of hydrogen-bond donors (Lipinski definition) is 3. The molecule has 0 unspecified atom stereocenters. The Balaban J connectivity index is 1.52. The van der Waals surface area contributed by atoms with E-state index in [1.54, 1.807) is 18.6 Å². The molecule has 0 aliphatic carbocycles. The summed E-state index contributed by atoms with van der Waals surface area (Å²) in [6.45, 7) is 2.02. The highest BCUT2D eigenvalue weighted by Crippen LogP contribution is 2.20. The van der Waals surface area contributed by atoms with Crippen molar-refractivity contribution in [3.05, 3.63) is 48.9 Å². The largest absolute Gasteiger partial charge is 0.365 e. The van der Waals surface area contributed by atoms with E-state index < -0.39 is 0 Å². The number of anilines is 3. The van der Waals surface area contributed by atoms with Crippen molar-refractivity contribution < 1.29 is 0 Å². The molecule has 0 amide bonds. The summed E-state index contributed by atoms with van der Waals surface area (Å²) in [6.07, 6.45) is 6.39. The molecular formula is C17H18N6. The molecule has 0 bridgehead atoms. The Kier molecular flexibility index (Phi) is 3.73. The van der Waals surface area contributed by atoms with Gasteiger partial charge in [0.1, 0.15) is 5.82 Å². The van der Waals surface area contributed by atoms with Crippen molar-refractivity contribution >= 4 is 28.2 Å². The van der Waals surface area contributed by atoms with Crippen LogP contribution < -0.4 is 16.0 Å². The van der Waals surface area contributed by atoms with Crippen LogP contribution in [0.3, 0.4) is 0 Å². The summed E-state index contributed by atoms with van der Waals surface area (Å²) >= 11 is 0. The third kappa shape index (κ3) is 3.22. The Hall–Kier alpha value is -2.73. The average molecular weight is 306 g/mol. The van der Waals surface area contributed by atoms with Crippen molar-refractivity contribution in [2.45, 2.75) is 12.5 Å². The number of fused-ring (bicyclic) bond motifs is 1. The predicted molar refractivity (Wildman–Crippen MR) is 92.0 cm³/mol.